The van der Waals surface area contributed by atoms with Gasteiger partial charge in [-0.2, -0.15) is 0 Å². The van der Waals surface area contributed by atoms with E-state index in [0.717, 1.165) is 25.2 Å². The Morgan fingerprint density at radius 2 is 1.90 bits per heavy atom. The number of benzene rings is 1. The molecule has 0 aromatic heterocycles. The van der Waals surface area contributed by atoms with Crippen molar-refractivity contribution in [3.63, 3.8) is 0 Å². The number of hydrogen-bond donors (Lipinski definition) is 3. The van der Waals surface area contributed by atoms with Crippen LogP contribution in [0.1, 0.15) is 26.3 Å². The Kier molecular flexibility index (Phi) is 7.02. The molecule has 118 valence electrons. The van der Waals surface area contributed by atoms with Gasteiger partial charge in [0.15, 0.2) is 11.5 Å². The summed E-state index contributed by atoms with van der Waals surface area (Å²) < 4.78 is 0. The zero-order valence-electron chi connectivity index (χ0n) is 13.1. The first-order valence-corrected chi connectivity index (χ1v) is 7.48. The Morgan fingerprint density at radius 1 is 1.24 bits per heavy atom. The maximum Gasteiger partial charge on any atom is 0.223 e. The molecule has 0 saturated carbocycles. The van der Waals surface area contributed by atoms with E-state index in [1.165, 1.54) is 12.1 Å². The van der Waals surface area contributed by atoms with Gasteiger partial charge in [0, 0.05) is 19.0 Å². The second-order valence-electron chi connectivity index (χ2n) is 5.25. The molecule has 0 spiro atoms. The lowest BCUT2D eigenvalue weighted by Crippen LogP contribution is -2.37. The van der Waals surface area contributed by atoms with Crippen LogP contribution in [-0.2, 0) is 11.2 Å². The molecule has 1 unspecified atom stereocenters. The van der Waals surface area contributed by atoms with Crippen molar-refractivity contribution in [3.8, 4) is 11.5 Å². The van der Waals surface area contributed by atoms with Crippen molar-refractivity contribution in [1.29, 1.82) is 0 Å². The fraction of sp³-hybridized carbons (Fsp3) is 0.562. The van der Waals surface area contributed by atoms with Gasteiger partial charge in [0.05, 0.1) is 0 Å². The zero-order chi connectivity index (χ0) is 15.8. The number of nitrogens with one attached hydrogen (secondary N) is 1. The monoisotopic (exact) mass is 294 g/mol. The smallest absolute Gasteiger partial charge is 0.223 e. The number of likely N-dealkylation sites (N-methyl/N-ethyl adjacent to an activating group) is 1. The molecule has 5 heteroatoms. The number of phenolic OH excluding ortho intramolecular Hbond substituents is 2. The minimum absolute atomic E-state index is 0.00900. The van der Waals surface area contributed by atoms with Crippen LogP contribution in [-0.4, -0.2) is 47.2 Å². The van der Waals surface area contributed by atoms with E-state index in [1.54, 1.807) is 6.07 Å². The van der Waals surface area contributed by atoms with Gasteiger partial charge in [-0.25, -0.2) is 0 Å². The van der Waals surface area contributed by atoms with E-state index >= 15 is 0 Å². The number of carbonyl (C=O) groups is 1. The zero-order valence-corrected chi connectivity index (χ0v) is 13.1. The van der Waals surface area contributed by atoms with Crippen LogP contribution in [0.15, 0.2) is 18.2 Å². The second kappa shape index (κ2) is 8.52. The summed E-state index contributed by atoms with van der Waals surface area (Å²) in [6, 6.07) is 4.65. The summed E-state index contributed by atoms with van der Waals surface area (Å²) in [4.78, 5) is 14.3. The molecule has 0 heterocycles. The van der Waals surface area contributed by atoms with Crippen molar-refractivity contribution < 1.29 is 15.0 Å². The first-order chi connectivity index (χ1) is 9.97. The number of amides is 1. The van der Waals surface area contributed by atoms with Crippen LogP contribution in [0.4, 0.5) is 0 Å². The topological polar surface area (TPSA) is 72.8 Å². The second-order valence-corrected chi connectivity index (χ2v) is 5.25. The standard InChI is InChI=1S/C16H26N2O3/c1-4-18(5-2)9-8-17-16(21)12(3)10-13-6-7-14(19)15(20)11-13/h6-7,11-12,19-20H,4-5,8-10H2,1-3H3,(H,17,21). The third-order valence-electron chi connectivity index (χ3n) is 3.65. The lowest BCUT2D eigenvalue weighted by molar-refractivity contribution is -0.124. The van der Waals surface area contributed by atoms with E-state index < -0.39 is 0 Å². The maximum atomic E-state index is 12.0. The van der Waals surface area contributed by atoms with E-state index in [0.29, 0.717) is 13.0 Å². The Balaban J connectivity index is 2.42. The van der Waals surface area contributed by atoms with Gasteiger partial charge in [-0.3, -0.25) is 4.79 Å². The van der Waals surface area contributed by atoms with Crippen LogP contribution in [0.5, 0.6) is 11.5 Å². The van der Waals surface area contributed by atoms with Gasteiger partial charge in [0.1, 0.15) is 0 Å². The third kappa shape index (κ3) is 5.63. The minimum atomic E-state index is -0.175. The number of carbonyl (C=O) groups excluding carboxylic acids is 1. The largest absolute Gasteiger partial charge is 0.504 e. The number of nitrogens with zero attached hydrogens (tertiary/aromatic N) is 1. The van der Waals surface area contributed by atoms with E-state index in [1.807, 2.05) is 6.92 Å². The molecule has 0 radical (unpaired) electrons. The third-order valence-corrected chi connectivity index (χ3v) is 3.65. The Bertz CT molecular complexity index is 459. The Morgan fingerprint density at radius 3 is 2.48 bits per heavy atom. The lowest BCUT2D eigenvalue weighted by atomic mass is 10.00. The van der Waals surface area contributed by atoms with Gasteiger partial charge >= 0.3 is 0 Å². The molecule has 0 aliphatic carbocycles. The van der Waals surface area contributed by atoms with E-state index in [9.17, 15) is 15.0 Å². The van der Waals surface area contributed by atoms with Gasteiger partial charge in [-0.15, -0.1) is 0 Å². The molecule has 0 fully saturated rings. The fourth-order valence-electron chi connectivity index (χ4n) is 2.19. The molecule has 0 saturated heterocycles. The van der Waals surface area contributed by atoms with E-state index in [4.69, 9.17) is 0 Å². The lowest BCUT2D eigenvalue weighted by Gasteiger charge is -2.19. The van der Waals surface area contributed by atoms with Crippen molar-refractivity contribution in [2.24, 2.45) is 5.92 Å². The molecule has 1 amide bonds. The quantitative estimate of drug-likeness (QED) is 0.639. The SMILES string of the molecule is CCN(CC)CCNC(=O)C(C)Cc1ccc(O)c(O)c1. The summed E-state index contributed by atoms with van der Waals surface area (Å²) in [5.74, 6) is -0.461. The fourth-order valence-corrected chi connectivity index (χ4v) is 2.19. The molecule has 3 N–H and O–H groups in total. The van der Waals surface area contributed by atoms with Gasteiger partial charge in [0.25, 0.3) is 0 Å². The van der Waals surface area contributed by atoms with Crippen LogP contribution >= 0.6 is 0 Å². The molecule has 1 aromatic rings. The van der Waals surface area contributed by atoms with E-state index in [-0.39, 0.29) is 23.3 Å². The molecule has 1 atom stereocenters. The molecular formula is C16H26N2O3. The molecular weight excluding hydrogens is 268 g/mol. The van der Waals surface area contributed by atoms with Crippen molar-refractivity contribution >= 4 is 5.91 Å². The highest BCUT2D eigenvalue weighted by atomic mass is 16.3. The van der Waals surface area contributed by atoms with Crippen LogP contribution < -0.4 is 5.32 Å². The Labute approximate surface area is 126 Å². The van der Waals surface area contributed by atoms with Crippen molar-refractivity contribution in [2.45, 2.75) is 27.2 Å². The maximum absolute atomic E-state index is 12.0. The average Bonchev–Trinajstić information content (AvgIpc) is 2.47. The number of aromatic hydroxyl groups is 2. The van der Waals surface area contributed by atoms with Gasteiger partial charge < -0.3 is 20.4 Å². The van der Waals surface area contributed by atoms with E-state index in [2.05, 4.69) is 24.1 Å². The predicted octanol–water partition coefficient (Wildman–Crippen LogP) is 1.73. The Hall–Kier alpha value is -1.75. The highest BCUT2D eigenvalue weighted by Crippen LogP contribution is 2.25. The normalized spacial score (nSPS) is 12.4. The summed E-state index contributed by atoms with van der Waals surface area (Å²) in [6.45, 7) is 9.52. The van der Waals surface area contributed by atoms with Crippen molar-refractivity contribution in [2.75, 3.05) is 26.2 Å². The summed E-state index contributed by atoms with van der Waals surface area (Å²) in [5, 5.41) is 21.7. The van der Waals surface area contributed by atoms with Gasteiger partial charge in [0.2, 0.25) is 5.91 Å². The number of phenols is 2. The molecule has 21 heavy (non-hydrogen) atoms. The van der Waals surface area contributed by atoms with Crippen molar-refractivity contribution in [1.82, 2.24) is 10.2 Å². The van der Waals surface area contributed by atoms with Gasteiger partial charge in [-0.1, -0.05) is 26.8 Å². The minimum Gasteiger partial charge on any atom is -0.504 e. The highest BCUT2D eigenvalue weighted by Gasteiger charge is 2.14. The van der Waals surface area contributed by atoms with Crippen molar-refractivity contribution in [3.05, 3.63) is 23.8 Å². The van der Waals surface area contributed by atoms with Crippen LogP contribution in [0, 0.1) is 5.92 Å². The summed E-state index contributed by atoms with van der Waals surface area (Å²) in [6.07, 6.45) is 0.533. The number of hydrogen-bond acceptors (Lipinski definition) is 4. The summed E-state index contributed by atoms with van der Waals surface area (Å²) in [7, 11) is 0. The molecule has 0 aliphatic heterocycles. The average molecular weight is 294 g/mol. The predicted molar refractivity (Wildman–Crippen MR) is 83.4 cm³/mol. The molecule has 5 nitrogen and oxygen atoms in total. The first-order valence-electron chi connectivity index (χ1n) is 7.48. The van der Waals surface area contributed by atoms with Gasteiger partial charge in [-0.05, 0) is 37.2 Å². The molecule has 0 aliphatic rings. The summed E-state index contributed by atoms with van der Waals surface area (Å²) in [5.41, 5.74) is 0.830. The van der Waals surface area contributed by atoms with Crippen LogP contribution in [0.2, 0.25) is 0 Å². The highest BCUT2D eigenvalue weighted by molar-refractivity contribution is 5.78. The molecule has 1 rings (SSSR count). The number of rotatable bonds is 8. The summed E-state index contributed by atoms with van der Waals surface area (Å²) >= 11 is 0. The molecule has 0 bridgehead atoms. The van der Waals surface area contributed by atoms with Crippen LogP contribution in [0.25, 0.3) is 0 Å². The van der Waals surface area contributed by atoms with Crippen LogP contribution in [0.3, 0.4) is 0 Å². The molecule has 1 aromatic carbocycles. The first kappa shape index (κ1) is 17.3.